The lowest BCUT2D eigenvalue weighted by atomic mass is 10.1. The van der Waals surface area contributed by atoms with Crippen LogP contribution >= 0.6 is 0 Å². The molecule has 0 saturated carbocycles. The van der Waals surface area contributed by atoms with E-state index in [1.165, 1.54) is 31.1 Å². The van der Waals surface area contributed by atoms with Crippen LogP contribution in [-0.4, -0.2) is 108 Å². The molecule has 0 aliphatic heterocycles. The Bertz CT molecular complexity index is 1390. The third-order valence-corrected chi connectivity index (χ3v) is 5.86. The summed E-state index contributed by atoms with van der Waals surface area (Å²) >= 11 is 0. The van der Waals surface area contributed by atoms with Crippen LogP contribution in [0.25, 0.3) is 0 Å². The Hall–Kier alpha value is -4.38. The standard InChI is InChI=1S/C22H28N6O10S/c1-26(2)7-6-12-8-13(20(31)27(3)4)10-14(9-12)38-19-17(28(34)35)18(24-22(25-19)39(5,36)37)23-15(21(32)33)11-16(29)30/h8-10,15H,6-7,11H2,1-5H3,(H,29,30)(H,32,33)(H,23,24,25). The number of carbonyl (C=O) groups excluding carboxylic acids is 1. The molecule has 1 aromatic heterocycles. The minimum Gasteiger partial charge on any atom is -0.481 e. The Kier molecular flexibility index (Phi) is 9.84. The summed E-state index contributed by atoms with van der Waals surface area (Å²) in [6, 6.07) is 2.48. The molecule has 17 heteroatoms. The zero-order valence-electron chi connectivity index (χ0n) is 21.7. The van der Waals surface area contributed by atoms with Gasteiger partial charge in [0.1, 0.15) is 11.8 Å². The molecule has 0 spiro atoms. The molecule has 16 nitrogen and oxygen atoms in total. The van der Waals surface area contributed by atoms with Gasteiger partial charge in [0, 0.05) is 32.5 Å². The first-order valence-corrected chi connectivity index (χ1v) is 13.0. The first-order chi connectivity index (χ1) is 18.0. The summed E-state index contributed by atoms with van der Waals surface area (Å²) in [4.78, 5) is 56.7. The smallest absolute Gasteiger partial charge is 0.373 e. The highest BCUT2D eigenvalue weighted by Crippen LogP contribution is 2.37. The van der Waals surface area contributed by atoms with Gasteiger partial charge in [-0.3, -0.25) is 19.7 Å². The topological polar surface area (TPSA) is 222 Å². The molecule has 1 amide bonds. The van der Waals surface area contributed by atoms with Crippen molar-refractivity contribution in [2.75, 3.05) is 46.3 Å². The lowest BCUT2D eigenvalue weighted by Gasteiger charge is -2.17. The quantitative estimate of drug-likeness (QED) is 0.172. The number of ether oxygens (including phenoxy) is 1. The van der Waals surface area contributed by atoms with Crippen molar-refractivity contribution in [3.63, 3.8) is 0 Å². The summed E-state index contributed by atoms with van der Waals surface area (Å²) in [5.74, 6) is -5.48. The van der Waals surface area contributed by atoms with Crippen molar-refractivity contribution in [1.82, 2.24) is 19.8 Å². The van der Waals surface area contributed by atoms with Gasteiger partial charge in [-0.05, 0) is 44.3 Å². The summed E-state index contributed by atoms with van der Waals surface area (Å²) in [6.07, 6.45) is 0.162. The Morgan fingerprint density at radius 3 is 2.26 bits per heavy atom. The zero-order valence-corrected chi connectivity index (χ0v) is 22.6. The van der Waals surface area contributed by atoms with E-state index in [9.17, 15) is 38.0 Å². The highest BCUT2D eigenvalue weighted by molar-refractivity contribution is 7.90. The highest BCUT2D eigenvalue weighted by Gasteiger charge is 2.33. The van der Waals surface area contributed by atoms with Crippen LogP contribution in [-0.2, 0) is 25.8 Å². The number of likely N-dealkylation sites (N-methyl/N-ethyl adjacent to an activating group) is 1. The Labute approximate surface area is 223 Å². The van der Waals surface area contributed by atoms with Gasteiger partial charge < -0.3 is 30.1 Å². The van der Waals surface area contributed by atoms with Gasteiger partial charge in [0.15, 0.2) is 0 Å². The summed E-state index contributed by atoms with van der Waals surface area (Å²) in [6.45, 7) is 0.582. The number of carboxylic acid groups (broad SMARTS) is 2. The lowest BCUT2D eigenvalue weighted by Crippen LogP contribution is -2.32. The van der Waals surface area contributed by atoms with Gasteiger partial charge in [-0.25, -0.2) is 13.2 Å². The van der Waals surface area contributed by atoms with E-state index in [1.54, 1.807) is 6.07 Å². The van der Waals surface area contributed by atoms with Gasteiger partial charge in [0.05, 0.1) is 11.3 Å². The highest BCUT2D eigenvalue weighted by atomic mass is 32.2. The number of anilines is 1. The molecular formula is C22H28N6O10S. The van der Waals surface area contributed by atoms with E-state index in [1.807, 2.05) is 19.0 Å². The molecule has 1 heterocycles. The predicted octanol–water partition coefficient (Wildman–Crippen LogP) is 0.726. The van der Waals surface area contributed by atoms with Crippen molar-refractivity contribution in [3.8, 4) is 11.6 Å². The van der Waals surface area contributed by atoms with Crippen LogP contribution in [0, 0.1) is 10.1 Å². The molecule has 2 rings (SSSR count). The fourth-order valence-corrected chi connectivity index (χ4v) is 3.67. The van der Waals surface area contributed by atoms with Crippen molar-refractivity contribution < 1.29 is 42.7 Å². The van der Waals surface area contributed by atoms with Gasteiger partial charge in [-0.15, -0.1) is 0 Å². The van der Waals surface area contributed by atoms with Crippen molar-refractivity contribution in [2.24, 2.45) is 0 Å². The number of aliphatic carboxylic acids is 2. The number of nitro groups is 1. The largest absolute Gasteiger partial charge is 0.481 e. The molecule has 1 atom stereocenters. The summed E-state index contributed by atoms with van der Waals surface area (Å²) in [5, 5.41) is 31.5. The van der Waals surface area contributed by atoms with Crippen LogP contribution < -0.4 is 10.1 Å². The van der Waals surface area contributed by atoms with E-state index < -0.39 is 67.6 Å². The molecular weight excluding hydrogens is 540 g/mol. The molecule has 2 aromatic rings. The first-order valence-electron chi connectivity index (χ1n) is 11.2. The number of carbonyl (C=O) groups is 3. The third-order valence-electron chi connectivity index (χ3n) is 5.02. The Morgan fingerprint density at radius 2 is 1.77 bits per heavy atom. The van der Waals surface area contributed by atoms with E-state index in [0.29, 0.717) is 24.8 Å². The molecule has 0 fully saturated rings. The predicted molar refractivity (Wildman–Crippen MR) is 136 cm³/mol. The normalized spacial score (nSPS) is 12.1. The maximum atomic E-state index is 12.7. The van der Waals surface area contributed by atoms with Gasteiger partial charge in [-0.2, -0.15) is 9.97 Å². The molecule has 3 N–H and O–H groups in total. The average Bonchev–Trinajstić information content (AvgIpc) is 2.80. The number of nitrogens with one attached hydrogen (secondary N) is 1. The number of carboxylic acids is 2. The number of amides is 1. The first kappa shape index (κ1) is 30.8. The summed E-state index contributed by atoms with van der Waals surface area (Å²) in [7, 11) is 2.51. The summed E-state index contributed by atoms with van der Waals surface area (Å²) < 4.78 is 30.1. The van der Waals surface area contributed by atoms with Crippen LogP contribution in [0.3, 0.4) is 0 Å². The van der Waals surface area contributed by atoms with Gasteiger partial charge in [0.2, 0.25) is 15.7 Å². The van der Waals surface area contributed by atoms with Crippen molar-refractivity contribution in [2.45, 2.75) is 24.0 Å². The second-order valence-electron chi connectivity index (χ2n) is 8.89. The monoisotopic (exact) mass is 568 g/mol. The number of rotatable bonds is 13. The number of nitrogens with zero attached hydrogens (tertiary/aromatic N) is 5. The van der Waals surface area contributed by atoms with Crippen LogP contribution in [0.15, 0.2) is 23.4 Å². The fourth-order valence-electron chi connectivity index (χ4n) is 3.17. The molecule has 0 saturated heterocycles. The maximum absolute atomic E-state index is 12.7. The molecule has 212 valence electrons. The Morgan fingerprint density at radius 1 is 1.13 bits per heavy atom. The zero-order chi connectivity index (χ0) is 29.7. The fraction of sp³-hybridized carbons (Fsp3) is 0.409. The number of sulfone groups is 1. The Balaban J connectivity index is 2.75. The maximum Gasteiger partial charge on any atom is 0.373 e. The molecule has 0 aliphatic rings. The average molecular weight is 569 g/mol. The van der Waals surface area contributed by atoms with E-state index in [-0.39, 0.29) is 11.3 Å². The van der Waals surface area contributed by atoms with Crippen molar-refractivity contribution >= 4 is 39.2 Å². The molecule has 1 aromatic carbocycles. The molecule has 0 radical (unpaired) electrons. The van der Waals surface area contributed by atoms with E-state index in [2.05, 4.69) is 15.3 Å². The number of hydrogen-bond donors (Lipinski definition) is 3. The minimum atomic E-state index is -4.22. The summed E-state index contributed by atoms with van der Waals surface area (Å²) in [5.41, 5.74) is -0.243. The third kappa shape index (κ3) is 8.57. The van der Waals surface area contributed by atoms with Gasteiger partial charge in [0.25, 0.3) is 11.1 Å². The van der Waals surface area contributed by atoms with Crippen molar-refractivity contribution in [1.29, 1.82) is 0 Å². The van der Waals surface area contributed by atoms with Crippen molar-refractivity contribution in [3.05, 3.63) is 39.4 Å². The number of hydrogen-bond acceptors (Lipinski definition) is 12. The number of benzene rings is 1. The lowest BCUT2D eigenvalue weighted by molar-refractivity contribution is -0.385. The van der Waals surface area contributed by atoms with Crippen LogP contribution in [0.1, 0.15) is 22.3 Å². The van der Waals surface area contributed by atoms with E-state index >= 15 is 0 Å². The van der Waals surface area contributed by atoms with Crippen LogP contribution in [0.2, 0.25) is 0 Å². The minimum absolute atomic E-state index is 0.0935. The van der Waals surface area contributed by atoms with E-state index in [0.717, 1.165) is 0 Å². The second-order valence-corrected chi connectivity index (χ2v) is 10.8. The molecule has 1 unspecified atom stereocenters. The SMILES string of the molecule is CN(C)CCc1cc(Oc2nc(S(C)(=O)=O)nc(NC(CC(=O)O)C(=O)O)c2[N+](=O)[O-])cc(C(=O)N(C)C)c1. The van der Waals surface area contributed by atoms with Crippen LogP contribution in [0.5, 0.6) is 11.6 Å². The molecule has 0 bridgehead atoms. The van der Waals surface area contributed by atoms with Gasteiger partial charge in [-0.1, -0.05) is 0 Å². The van der Waals surface area contributed by atoms with Crippen LogP contribution in [0.4, 0.5) is 11.5 Å². The molecule has 39 heavy (non-hydrogen) atoms. The number of aromatic nitrogens is 2. The molecule has 0 aliphatic carbocycles. The van der Waals surface area contributed by atoms with E-state index in [4.69, 9.17) is 9.84 Å². The second kappa shape index (κ2) is 12.4. The van der Waals surface area contributed by atoms with Gasteiger partial charge >= 0.3 is 23.5 Å².